The number of halogens is 3. The molecule has 5 rings (SSSR count). The molecule has 1 aromatic carbocycles. The Bertz CT molecular complexity index is 678. The largest absolute Gasteiger partial charge is 0.349 e. The Hall–Kier alpha value is -0.970. The first-order valence-corrected chi connectivity index (χ1v) is 9.53. The maximum Gasteiger partial charge on any atom is 0.226 e. The van der Waals surface area contributed by atoms with Gasteiger partial charge < -0.3 is 5.32 Å². The number of hydrogen-bond acceptors (Lipinski definition) is 1. The summed E-state index contributed by atoms with van der Waals surface area (Å²) >= 11 is 3.92. The van der Waals surface area contributed by atoms with Gasteiger partial charge in [-0.3, -0.25) is 4.79 Å². The molecule has 0 saturated heterocycles. The molecule has 1 N–H and O–H groups in total. The summed E-state index contributed by atoms with van der Waals surface area (Å²) < 4.78 is 26.7. The number of rotatable bonds is 3. The van der Waals surface area contributed by atoms with Gasteiger partial charge in [-0.15, -0.1) is 0 Å². The van der Waals surface area contributed by atoms with Gasteiger partial charge in [0, 0.05) is 4.32 Å². The van der Waals surface area contributed by atoms with Crippen molar-refractivity contribution < 1.29 is 13.6 Å². The van der Waals surface area contributed by atoms with Crippen LogP contribution in [0.5, 0.6) is 0 Å². The van der Waals surface area contributed by atoms with Gasteiger partial charge in [-0.2, -0.15) is 0 Å². The molecule has 1 aromatic rings. The van der Waals surface area contributed by atoms with Gasteiger partial charge in [-0.05, 0) is 75.0 Å². The average Bonchev–Trinajstić information content (AvgIpc) is 2.47. The Balaban J connectivity index is 1.52. The van der Waals surface area contributed by atoms with Crippen LogP contribution in [-0.4, -0.2) is 10.2 Å². The molecular formula is C19H22BrF2NO. The van der Waals surface area contributed by atoms with Gasteiger partial charge in [0.15, 0.2) is 11.6 Å². The van der Waals surface area contributed by atoms with Crippen molar-refractivity contribution in [2.24, 2.45) is 17.3 Å². The number of alkyl halides is 1. The van der Waals surface area contributed by atoms with Gasteiger partial charge in [-0.25, -0.2) is 8.78 Å². The lowest BCUT2D eigenvalue weighted by molar-refractivity contribution is -0.144. The van der Waals surface area contributed by atoms with Crippen LogP contribution in [0.2, 0.25) is 0 Å². The highest BCUT2D eigenvalue weighted by atomic mass is 79.9. The minimum atomic E-state index is -0.872. The Labute approximate surface area is 149 Å². The Morgan fingerprint density at radius 1 is 1.21 bits per heavy atom. The molecule has 3 unspecified atom stereocenters. The standard InChI is InChI=1S/C19H22BrF2NO/c1-11(14-2-3-15(21)16(22)5-14)23-17(24)18-6-12-4-13(7-18)9-19(20,8-12)10-18/h2-3,5,11-13H,4,6-10H2,1H3,(H,23,24). The van der Waals surface area contributed by atoms with Crippen molar-refractivity contribution in [1.82, 2.24) is 5.32 Å². The van der Waals surface area contributed by atoms with Crippen molar-refractivity contribution in [2.45, 2.75) is 55.8 Å². The lowest BCUT2D eigenvalue weighted by Crippen LogP contribution is -2.58. The topological polar surface area (TPSA) is 29.1 Å². The molecule has 5 heteroatoms. The van der Waals surface area contributed by atoms with Crippen molar-refractivity contribution in [2.75, 3.05) is 0 Å². The van der Waals surface area contributed by atoms with Gasteiger partial charge in [0.25, 0.3) is 0 Å². The minimum absolute atomic E-state index is 0.0812. The summed E-state index contributed by atoms with van der Waals surface area (Å²) in [5.74, 6) is -0.384. The highest BCUT2D eigenvalue weighted by Crippen LogP contribution is 2.64. The minimum Gasteiger partial charge on any atom is -0.349 e. The maximum absolute atomic E-state index is 13.4. The predicted molar refractivity (Wildman–Crippen MR) is 91.7 cm³/mol. The van der Waals surface area contributed by atoms with Crippen molar-refractivity contribution in [3.63, 3.8) is 0 Å². The van der Waals surface area contributed by atoms with Crippen LogP contribution in [0.4, 0.5) is 8.78 Å². The highest BCUT2D eigenvalue weighted by molar-refractivity contribution is 9.10. The molecule has 4 aliphatic carbocycles. The van der Waals surface area contributed by atoms with Crippen molar-refractivity contribution in [3.8, 4) is 0 Å². The third-order valence-corrected chi connectivity index (χ3v) is 7.19. The highest BCUT2D eigenvalue weighted by Gasteiger charge is 2.59. The summed E-state index contributed by atoms with van der Waals surface area (Å²) in [5, 5.41) is 3.07. The molecule has 1 amide bonds. The van der Waals surface area contributed by atoms with Gasteiger partial charge in [0.1, 0.15) is 0 Å². The van der Waals surface area contributed by atoms with Crippen LogP contribution in [0.15, 0.2) is 18.2 Å². The normalized spacial score (nSPS) is 38.2. The zero-order valence-electron chi connectivity index (χ0n) is 13.7. The van der Waals surface area contributed by atoms with Gasteiger partial charge >= 0.3 is 0 Å². The maximum atomic E-state index is 13.4. The SMILES string of the molecule is CC(NC(=O)C12CC3CC(CC(Br)(C3)C1)C2)c1ccc(F)c(F)c1. The first-order valence-electron chi connectivity index (χ1n) is 8.73. The molecule has 0 aromatic heterocycles. The molecule has 4 bridgehead atoms. The molecular weight excluding hydrogens is 376 g/mol. The van der Waals surface area contributed by atoms with E-state index in [1.54, 1.807) is 0 Å². The summed E-state index contributed by atoms with van der Waals surface area (Å²) in [7, 11) is 0. The average molecular weight is 398 g/mol. The van der Waals surface area contributed by atoms with Crippen LogP contribution in [0.3, 0.4) is 0 Å². The molecule has 130 valence electrons. The van der Waals surface area contributed by atoms with E-state index in [4.69, 9.17) is 0 Å². The van der Waals surface area contributed by atoms with E-state index < -0.39 is 11.6 Å². The zero-order valence-corrected chi connectivity index (χ0v) is 15.3. The fraction of sp³-hybridized carbons (Fsp3) is 0.632. The second-order valence-corrected chi connectivity index (χ2v) is 9.94. The Morgan fingerprint density at radius 3 is 2.46 bits per heavy atom. The molecule has 0 aliphatic heterocycles. The lowest BCUT2D eigenvalue weighted by atomic mass is 9.49. The summed E-state index contributed by atoms with van der Waals surface area (Å²) in [6, 6.07) is 3.50. The molecule has 24 heavy (non-hydrogen) atoms. The van der Waals surface area contributed by atoms with Gasteiger partial charge in [-0.1, -0.05) is 22.0 Å². The van der Waals surface area contributed by atoms with Crippen LogP contribution in [0, 0.1) is 28.9 Å². The Kier molecular flexibility index (Phi) is 3.79. The second kappa shape index (κ2) is 5.52. The fourth-order valence-electron chi connectivity index (χ4n) is 5.63. The molecule has 3 atom stereocenters. The number of carbonyl (C=O) groups excluding carboxylic acids is 1. The molecule has 0 radical (unpaired) electrons. The van der Waals surface area contributed by atoms with E-state index in [2.05, 4.69) is 21.2 Å². The van der Waals surface area contributed by atoms with Gasteiger partial charge in [0.05, 0.1) is 11.5 Å². The van der Waals surface area contributed by atoms with Crippen LogP contribution in [-0.2, 0) is 4.79 Å². The third kappa shape index (κ3) is 2.69. The molecule has 0 heterocycles. The number of nitrogens with one attached hydrogen (secondary N) is 1. The van der Waals surface area contributed by atoms with E-state index in [0.717, 1.165) is 25.3 Å². The molecule has 4 fully saturated rings. The molecule has 4 saturated carbocycles. The number of carbonyl (C=O) groups is 1. The summed E-state index contributed by atoms with van der Waals surface area (Å²) in [4.78, 5) is 13.1. The van der Waals surface area contributed by atoms with E-state index in [1.807, 2.05) is 6.92 Å². The number of hydrogen-bond donors (Lipinski definition) is 1. The van der Waals surface area contributed by atoms with E-state index >= 15 is 0 Å². The lowest BCUT2D eigenvalue weighted by Gasteiger charge is -2.59. The smallest absolute Gasteiger partial charge is 0.226 e. The van der Waals surface area contributed by atoms with E-state index in [0.29, 0.717) is 17.4 Å². The monoisotopic (exact) mass is 397 g/mol. The van der Waals surface area contributed by atoms with E-state index in [9.17, 15) is 13.6 Å². The summed E-state index contributed by atoms with van der Waals surface area (Å²) in [5.41, 5.74) is 0.306. The Morgan fingerprint density at radius 2 is 1.88 bits per heavy atom. The van der Waals surface area contributed by atoms with Crippen molar-refractivity contribution >= 4 is 21.8 Å². The molecule has 4 aliphatic rings. The first kappa shape index (κ1) is 16.5. The summed E-state index contributed by atoms with van der Waals surface area (Å²) in [6.07, 6.45) is 6.43. The van der Waals surface area contributed by atoms with Gasteiger partial charge in [0.2, 0.25) is 5.91 Å². The fourth-order valence-corrected chi connectivity index (χ4v) is 7.08. The number of amides is 1. The quantitative estimate of drug-likeness (QED) is 0.723. The van der Waals surface area contributed by atoms with Crippen LogP contribution < -0.4 is 5.32 Å². The zero-order chi connectivity index (χ0) is 17.1. The van der Waals surface area contributed by atoms with Crippen LogP contribution in [0.25, 0.3) is 0 Å². The first-order chi connectivity index (χ1) is 11.3. The van der Waals surface area contributed by atoms with E-state index in [-0.39, 0.29) is 21.7 Å². The number of benzene rings is 1. The van der Waals surface area contributed by atoms with Crippen molar-refractivity contribution in [1.29, 1.82) is 0 Å². The second-order valence-electron chi connectivity index (χ2n) is 8.26. The van der Waals surface area contributed by atoms with E-state index in [1.165, 1.54) is 31.4 Å². The predicted octanol–water partition coefficient (Wildman–Crippen LogP) is 4.88. The molecule has 2 nitrogen and oxygen atoms in total. The van der Waals surface area contributed by atoms with Crippen molar-refractivity contribution in [3.05, 3.63) is 35.4 Å². The summed E-state index contributed by atoms with van der Waals surface area (Å²) in [6.45, 7) is 1.83. The molecule has 0 spiro atoms. The third-order valence-electron chi connectivity index (χ3n) is 6.26. The van der Waals surface area contributed by atoms with Crippen LogP contribution in [0.1, 0.15) is 57.1 Å². The van der Waals surface area contributed by atoms with Crippen LogP contribution >= 0.6 is 15.9 Å².